The Morgan fingerprint density at radius 1 is 1.36 bits per heavy atom. The van der Waals surface area contributed by atoms with E-state index in [2.05, 4.69) is 0 Å². The van der Waals surface area contributed by atoms with Crippen LogP contribution >= 0.6 is 12.4 Å². The minimum atomic E-state index is -0.606. The van der Waals surface area contributed by atoms with Gasteiger partial charge in [0.2, 0.25) is 0 Å². The molecule has 8 nitrogen and oxygen atoms in total. The highest BCUT2D eigenvalue weighted by molar-refractivity contribution is 5.99. The summed E-state index contributed by atoms with van der Waals surface area (Å²) < 4.78 is 10.1. The number of nitrogens with two attached hydrogens (primary N) is 1. The molecule has 0 spiro atoms. The van der Waals surface area contributed by atoms with Crippen LogP contribution in [-0.4, -0.2) is 49.1 Å². The maximum absolute atomic E-state index is 12.5. The van der Waals surface area contributed by atoms with Crippen molar-refractivity contribution in [3.05, 3.63) is 27.8 Å². The molecule has 0 saturated carbocycles. The number of amides is 1. The van der Waals surface area contributed by atoms with Crippen molar-refractivity contribution in [3.8, 4) is 11.5 Å². The van der Waals surface area contributed by atoms with E-state index in [1.807, 2.05) is 0 Å². The van der Waals surface area contributed by atoms with Crippen molar-refractivity contribution in [1.82, 2.24) is 4.90 Å². The average Bonchev–Trinajstić information content (AvgIpc) is 2.91. The summed E-state index contributed by atoms with van der Waals surface area (Å²) in [5.74, 6) is 0.0596. The Kier molecular flexibility index (Phi) is 5.95. The molecule has 1 aromatic rings. The Hall–Kier alpha value is -2.06. The molecule has 1 unspecified atom stereocenters. The molecule has 0 aliphatic carbocycles. The van der Waals surface area contributed by atoms with Gasteiger partial charge in [-0.1, -0.05) is 0 Å². The lowest BCUT2D eigenvalue weighted by Crippen LogP contribution is -2.32. The highest BCUT2D eigenvalue weighted by Crippen LogP contribution is 2.35. The molecule has 1 aliphatic heterocycles. The third-order valence-electron chi connectivity index (χ3n) is 3.44. The Labute approximate surface area is 133 Å². The molecule has 1 heterocycles. The van der Waals surface area contributed by atoms with Crippen LogP contribution in [0.2, 0.25) is 0 Å². The first kappa shape index (κ1) is 18.0. The molecule has 1 saturated heterocycles. The van der Waals surface area contributed by atoms with Gasteiger partial charge in [0.15, 0.2) is 11.5 Å². The van der Waals surface area contributed by atoms with Crippen LogP contribution in [0.1, 0.15) is 16.8 Å². The van der Waals surface area contributed by atoms with E-state index in [1.54, 1.807) is 0 Å². The van der Waals surface area contributed by atoms with E-state index < -0.39 is 10.8 Å². The molecule has 9 heteroatoms. The van der Waals surface area contributed by atoms with Crippen LogP contribution in [0.3, 0.4) is 0 Å². The van der Waals surface area contributed by atoms with E-state index in [9.17, 15) is 14.9 Å². The molecule has 0 aromatic heterocycles. The smallest absolute Gasteiger partial charge is 0.286 e. The fourth-order valence-electron chi connectivity index (χ4n) is 2.33. The van der Waals surface area contributed by atoms with E-state index in [4.69, 9.17) is 15.2 Å². The van der Waals surface area contributed by atoms with E-state index in [0.717, 1.165) is 0 Å². The molecule has 2 N–H and O–H groups in total. The van der Waals surface area contributed by atoms with Crippen molar-refractivity contribution >= 4 is 24.0 Å². The number of nitro groups is 1. The number of hydrogen-bond donors (Lipinski definition) is 1. The molecule has 122 valence electrons. The number of ether oxygens (including phenoxy) is 2. The lowest BCUT2D eigenvalue weighted by molar-refractivity contribution is -0.385. The number of nitrogens with zero attached hydrogens (tertiary/aromatic N) is 2. The molecule has 0 bridgehead atoms. The van der Waals surface area contributed by atoms with Crippen LogP contribution in [0, 0.1) is 10.1 Å². The number of benzene rings is 1. The van der Waals surface area contributed by atoms with Gasteiger partial charge in [0, 0.05) is 25.2 Å². The van der Waals surface area contributed by atoms with Gasteiger partial charge in [-0.25, -0.2) is 0 Å². The van der Waals surface area contributed by atoms with Crippen LogP contribution in [0.25, 0.3) is 0 Å². The van der Waals surface area contributed by atoms with Crippen molar-refractivity contribution in [3.63, 3.8) is 0 Å². The zero-order valence-corrected chi connectivity index (χ0v) is 13.1. The number of halogens is 1. The minimum Gasteiger partial charge on any atom is -0.493 e. The Morgan fingerprint density at radius 2 is 1.95 bits per heavy atom. The van der Waals surface area contributed by atoms with Gasteiger partial charge < -0.3 is 20.1 Å². The third kappa shape index (κ3) is 3.40. The second kappa shape index (κ2) is 7.28. The monoisotopic (exact) mass is 331 g/mol. The zero-order valence-electron chi connectivity index (χ0n) is 12.3. The van der Waals surface area contributed by atoms with Gasteiger partial charge in [-0.2, -0.15) is 0 Å². The highest BCUT2D eigenvalue weighted by atomic mass is 35.5. The first-order valence-electron chi connectivity index (χ1n) is 6.43. The molecular formula is C13H18ClN3O5. The summed E-state index contributed by atoms with van der Waals surface area (Å²) in [5, 5.41) is 11.2. The van der Waals surface area contributed by atoms with Gasteiger partial charge in [-0.15, -0.1) is 12.4 Å². The topological polar surface area (TPSA) is 108 Å². The van der Waals surface area contributed by atoms with E-state index in [0.29, 0.717) is 19.5 Å². The van der Waals surface area contributed by atoms with Crippen molar-refractivity contribution in [2.45, 2.75) is 12.5 Å². The fourth-order valence-corrected chi connectivity index (χ4v) is 2.33. The van der Waals surface area contributed by atoms with Crippen LogP contribution in [-0.2, 0) is 0 Å². The lowest BCUT2D eigenvalue weighted by Gasteiger charge is -2.17. The second-order valence-corrected chi connectivity index (χ2v) is 4.78. The molecule has 1 atom stereocenters. The van der Waals surface area contributed by atoms with Crippen LogP contribution in [0.5, 0.6) is 11.5 Å². The zero-order chi connectivity index (χ0) is 15.6. The van der Waals surface area contributed by atoms with Gasteiger partial charge in [0.05, 0.1) is 25.2 Å². The van der Waals surface area contributed by atoms with E-state index >= 15 is 0 Å². The summed E-state index contributed by atoms with van der Waals surface area (Å²) in [6.07, 6.45) is 0.687. The molecule has 2 rings (SSSR count). The lowest BCUT2D eigenvalue weighted by atomic mass is 10.1. The maximum Gasteiger partial charge on any atom is 0.286 e. The number of methoxy groups -OCH3 is 2. The number of hydrogen-bond acceptors (Lipinski definition) is 6. The Morgan fingerprint density at radius 3 is 2.41 bits per heavy atom. The Balaban J connectivity index is 0.00000242. The quantitative estimate of drug-likeness (QED) is 0.656. The van der Waals surface area contributed by atoms with Gasteiger partial charge in [-0.3, -0.25) is 14.9 Å². The predicted molar refractivity (Wildman–Crippen MR) is 81.9 cm³/mol. The predicted octanol–water partition coefficient (Wildman–Crippen LogP) is 1.21. The van der Waals surface area contributed by atoms with Crippen molar-refractivity contribution < 1.29 is 19.2 Å². The molecule has 1 amide bonds. The molecule has 0 radical (unpaired) electrons. The van der Waals surface area contributed by atoms with E-state index in [1.165, 1.54) is 31.3 Å². The third-order valence-corrected chi connectivity index (χ3v) is 3.44. The summed E-state index contributed by atoms with van der Waals surface area (Å²) in [6.45, 7) is 0.885. The number of carbonyl (C=O) groups is 1. The number of carbonyl (C=O) groups excluding carboxylic acids is 1. The van der Waals surface area contributed by atoms with E-state index in [-0.39, 0.29) is 41.2 Å². The molecule has 1 aliphatic rings. The van der Waals surface area contributed by atoms with Crippen molar-refractivity contribution in [2.75, 3.05) is 27.3 Å². The number of likely N-dealkylation sites (tertiary alicyclic amines) is 1. The van der Waals surface area contributed by atoms with Crippen LogP contribution < -0.4 is 15.2 Å². The molecule has 1 fully saturated rings. The summed E-state index contributed by atoms with van der Waals surface area (Å²) in [4.78, 5) is 24.5. The summed E-state index contributed by atoms with van der Waals surface area (Å²) in [5.41, 5.74) is 5.44. The van der Waals surface area contributed by atoms with Crippen LogP contribution in [0.4, 0.5) is 5.69 Å². The van der Waals surface area contributed by atoms with Crippen molar-refractivity contribution in [2.24, 2.45) is 5.73 Å². The summed E-state index contributed by atoms with van der Waals surface area (Å²) in [6, 6.07) is 2.44. The first-order chi connectivity index (χ1) is 9.97. The Bertz CT molecular complexity index is 581. The minimum absolute atomic E-state index is 0. The van der Waals surface area contributed by atoms with Gasteiger partial charge >= 0.3 is 0 Å². The number of nitro benzene ring substituents is 1. The summed E-state index contributed by atoms with van der Waals surface area (Å²) >= 11 is 0. The largest absolute Gasteiger partial charge is 0.493 e. The van der Waals surface area contributed by atoms with Crippen LogP contribution in [0.15, 0.2) is 12.1 Å². The normalized spacial score (nSPS) is 16.9. The maximum atomic E-state index is 12.5. The average molecular weight is 332 g/mol. The molecule has 22 heavy (non-hydrogen) atoms. The second-order valence-electron chi connectivity index (χ2n) is 4.78. The highest BCUT2D eigenvalue weighted by Gasteiger charge is 2.31. The number of rotatable bonds is 4. The fraction of sp³-hybridized carbons (Fsp3) is 0.462. The molecular weight excluding hydrogens is 314 g/mol. The SMILES string of the molecule is COc1cc(C(=O)N2CCC(N)C2)c([N+](=O)[O-])cc1OC.Cl. The first-order valence-corrected chi connectivity index (χ1v) is 6.43. The van der Waals surface area contributed by atoms with Gasteiger partial charge in [0.1, 0.15) is 5.56 Å². The standard InChI is InChI=1S/C13H17N3O5.ClH/c1-20-11-5-9(10(16(18)19)6-12(11)21-2)13(17)15-4-3-8(14)7-15;/h5-6,8H,3-4,7,14H2,1-2H3;1H. The van der Waals surface area contributed by atoms with Gasteiger partial charge in [-0.05, 0) is 6.42 Å². The molecule has 1 aromatic carbocycles. The van der Waals surface area contributed by atoms with Crippen molar-refractivity contribution in [1.29, 1.82) is 0 Å². The summed E-state index contributed by atoms with van der Waals surface area (Å²) in [7, 11) is 2.78. The van der Waals surface area contributed by atoms with Gasteiger partial charge in [0.25, 0.3) is 11.6 Å².